The molecule has 1 heterocycles. The largest absolute Gasteiger partial charge is 0.494 e. The van der Waals surface area contributed by atoms with Crippen LogP contribution < -0.4 is 10.1 Å². The van der Waals surface area contributed by atoms with E-state index in [1.807, 2.05) is 37.3 Å². The molecule has 0 saturated carbocycles. The molecule has 0 aliphatic carbocycles. The van der Waals surface area contributed by atoms with Gasteiger partial charge in [-0.2, -0.15) is 0 Å². The van der Waals surface area contributed by atoms with Gasteiger partial charge in [0.1, 0.15) is 11.5 Å². The molecule has 150 valence electrons. The molecule has 0 aliphatic rings. The summed E-state index contributed by atoms with van der Waals surface area (Å²) >= 11 is 0. The van der Waals surface area contributed by atoms with Crippen LogP contribution in [0.4, 0.5) is 5.69 Å². The van der Waals surface area contributed by atoms with E-state index in [-0.39, 0.29) is 5.69 Å². The standard InChI is InChI=1S/C22H22N2O5/c1-4-27-18-12-10-17(11-13-18)23-20(25)15(3)29-22(26)19-14(2)28-21(24-19)16-8-6-5-7-9-16/h5-13,15H,4H2,1-3H3,(H,23,25)/t15-/m0/s1. The van der Waals surface area contributed by atoms with Crippen molar-refractivity contribution in [2.75, 3.05) is 11.9 Å². The molecule has 3 aromatic rings. The molecule has 0 spiro atoms. The molecule has 7 nitrogen and oxygen atoms in total. The van der Waals surface area contributed by atoms with Gasteiger partial charge in [-0.3, -0.25) is 4.79 Å². The Labute approximate surface area is 168 Å². The zero-order chi connectivity index (χ0) is 20.8. The number of ether oxygens (including phenoxy) is 2. The molecule has 0 bridgehead atoms. The number of aromatic nitrogens is 1. The number of carbonyl (C=O) groups is 2. The number of carbonyl (C=O) groups excluding carboxylic acids is 2. The van der Waals surface area contributed by atoms with E-state index in [4.69, 9.17) is 13.9 Å². The normalized spacial score (nSPS) is 11.6. The van der Waals surface area contributed by atoms with Crippen molar-refractivity contribution in [2.24, 2.45) is 0 Å². The molecule has 1 aromatic heterocycles. The van der Waals surface area contributed by atoms with Crippen LogP contribution in [0.1, 0.15) is 30.1 Å². The van der Waals surface area contributed by atoms with Gasteiger partial charge in [0.05, 0.1) is 6.61 Å². The first kappa shape index (κ1) is 20.1. The maximum atomic E-state index is 12.5. The van der Waals surface area contributed by atoms with E-state index in [0.29, 0.717) is 29.7 Å². The summed E-state index contributed by atoms with van der Waals surface area (Å²) in [5.41, 5.74) is 1.37. The van der Waals surface area contributed by atoms with Crippen LogP contribution in [0.3, 0.4) is 0 Å². The van der Waals surface area contributed by atoms with Crippen molar-refractivity contribution >= 4 is 17.6 Å². The maximum absolute atomic E-state index is 12.5. The summed E-state index contributed by atoms with van der Waals surface area (Å²) < 4.78 is 16.2. The van der Waals surface area contributed by atoms with Crippen LogP contribution in [0.25, 0.3) is 11.5 Å². The summed E-state index contributed by atoms with van der Waals surface area (Å²) in [6, 6.07) is 16.1. The van der Waals surface area contributed by atoms with Crippen molar-refractivity contribution in [1.82, 2.24) is 4.98 Å². The maximum Gasteiger partial charge on any atom is 0.361 e. The van der Waals surface area contributed by atoms with Gasteiger partial charge in [0.2, 0.25) is 5.89 Å². The molecule has 0 unspecified atom stereocenters. The zero-order valence-electron chi connectivity index (χ0n) is 16.5. The lowest BCUT2D eigenvalue weighted by Crippen LogP contribution is -2.30. The summed E-state index contributed by atoms with van der Waals surface area (Å²) in [7, 11) is 0. The van der Waals surface area contributed by atoms with E-state index in [9.17, 15) is 9.59 Å². The Bertz CT molecular complexity index is 980. The van der Waals surface area contributed by atoms with Crippen molar-refractivity contribution in [3.63, 3.8) is 0 Å². The Morgan fingerprint density at radius 1 is 1.10 bits per heavy atom. The highest BCUT2D eigenvalue weighted by molar-refractivity contribution is 5.97. The minimum atomic E-state index is -1.01. The van der Waals surface area contributed by atoms with Crippen LogP contribution in [0.5, 0.6) is 5.75 Å². The Morgan fingerprint density at radius 3 is 2.45 bits per heavy atom. The van der Waals surface area contributed by atoms with E-state index in [0.717, 1.165) is 5.56 Å². The van der Waals surface area contributed by atoms with Crippen LogP contribution in [-0.4, -0.2) is 29.6 Å². The van der Waals surface area contributed by atoms with E-state index in [2.05, 4.69) is 10.3 Å². The molecular formula is C22H22N2O5. The van der Waals surface area contributed by atoms with Crippen LogP contribution in [0.2, 0.25) is 0 Å². The number of nitrogens with zero attached hydrogens (tertiary/aromatic N) is 1. The highest BCUT2D eigenvalue weighted by Gasteiger charge is 2.24. The molecule has 0 aliphatic heterocycles. The number of hydrogen-bond acceptors (Lipinski definition) is 6. The lowest BCUT2D eigenvalue weighted by atomic mass is 10.2. The van der Waals surface area contributed by atoms with Crippen LogP contribution in [0, 0.1) is 6.92 Å². The summed E-state index contributed by atoms with van der Waals surface area (Å²) in [5, 5.41) is 2.70. The number of nitrogens with one attached hydrogen (secondary N) is 1. The number of hydrogen-bond donors (Lipinski definition) is 1. The number of aryl methyl sites for hydroxylation is 1. The van der Waals surface area contributed by atoms with Gasteiger partial charge in [-0.25, -0.2) is 9.78 Å². The number of esters is 1. The smallest absolute Gasteiger partial charge is 0.361 e. The van der Waals surface area contributed by atoms with Crippen molar-refractivity contribution in [3.05, 3.63) is 66.1 Å². The van der Waals surface area contributed by atoms with Crippen LogP contribution in [-0.2, 0) is 9.53 Å². The fraction of sp³-hybridized carbons (Fsp3) is 0.227. The molecule has 1 atom stereocenters. The third kappa shape index (κ3) is 5.01. The van der Waals surface area contributed by atoms with Gasteiger partial charge >= 0.3 is 5.97 Å². The first-order valence-electron chi connectivity index (χ1n) is 9.25. The van der Waals surface area contributed by atoms with Crippen molar-refractivity contribution in [3.8, 4) is 17.2 Å². The van der Waals surface area contributed by atoms with Gasteiger partial charge in [-0.05, 0) is 57.2 Å². The second-order valence-corrected chi connectivity index (χ2v) is 6.28. The Morgan fingerprint density at radius 2 is 1.79 bits per heavy atom. The van der Waals surface area contributed by atoms with Crippen LogP contribution >= 0.6 is 0 Å². The number of amides is 1. The molecule has 1 N–H and O–H groups in total. The lowest BCUT2D eigenvalue weighted by Gasteiger charge is -2.13. The first-order valence-corrected chi connectivity index (χ1v) is 9.25. The van der Waals surface area contributed by atoms with Gasteiger partial charge in [-0.15, -0.1) is 0 Å². The number of rotatable bonds is 7. The van der Waals surface area contributed by atoms with Crippen molar-refractivity contribution < 1.29 is 23.5 Å². The average molecular weight is 394 g/mol. The monoisotopic (exact) mass is 394 g/mol. The quantitative estimate of drug-likeness (QED) is 0.603. The Hall–Kier alpha value is -3.61. The molecule has 0 fully saturated rings. The second kappa shape index (κ2) is 9.05. The van der Waals surface area contributed by atoms with E-state index in [1.165, 1.54) is 6.92 Å². The molecule has 3 rings (SSSR count). The highest BCUT2D eigenvalue weighted by Crippen LogP contribution is 2.22. The minimum absolute atomic E-state index is 0.0459. The van der Waals surface area contributed by atoms with E-state index >= 15 is 0 Å². The molecule has 29 heavy (non-hydrogen) atoms. The Balaban J connectivity index is 1.62. The molecule has 1 amide bonds. The third-order valence-electron chi connectivity index (χ3n) is 4.10. The predicted octanol–water partition coefficient (Wildman–Crippen LogP) is 4.23. The van der Waals surface area contributed by atoms with Gasteiger partial charge in [0.25, 0.3) is 5.91 Å². The number of oxazole rings is 1. The van der Waals surface area contributed by atoms with Crippen molar-refractivity contribution in [1.29, 1.82) is 0 Å². The van der Waals surface area contributed by atoms with Gasteiger partial charge in [-0.1, -0.05) is 18.2 Å². The van der Waals surface area contributed by atoms with E-state index in [1.54, 1.807) is 31.2 Å². The minimum Gasteiger partial charge on any atom is -0.494 e. The molecule has 2 aromatic carbocycles. The summed E-state index contributed by atoms with van der Waals surface area (Å²) in [6.07, 6.45) is -1.01. The third-order valence-corrected chi connectivity index (χ3v) is 4.10. The molecular weight excluding hydrogens is 372 g/mol. The topological polar surface area (TPSA) is 90.7 Å². The molecule has 0 radical (unpaired) electrons. The van der Waals surface area contributed by atoms with Gasteiger partial charge < -0.3 is 19.2 Å². The Kier molecular flexibility index (Phi) is 6.29. The zero-order valence-corrected chi connectivity index (χ0v) is 16.5. The summed E-state index contributed by atoms with van der Waals surface area (Å²) in [4.78, 5) is 29.0. The van der Waals surface area contributed by atoms with Gasteiger partial charge in [0, 0.05) is 11.3 Å². The summed E-state index contributed by atoms with van der Waals surface area (Å²) in [6.45, 7) is 5.58. The predicted molar refractivity (Wildman–Crippen MR) is 108 cm³/mol. The first-order chi connectivity index (χ1) is 14.0. The van der Waals surface area contributed by atoms with Crippen LogP contribution in [0.15, 0.2) is 59.0 Å². The highest BCUT2D eigenvalue weighted by atomic mass is 16.5. The fourth-order valence-corrected chi connectivity index (χ4v) is 2.60. The van der Waals surface area contributed by atoms with Crippen molar-refractivity contribution in [2.45, 2.75) is 26.9 Å². The molecule has 7 heteroatoms. The SMILES string of the molecule is CCOc1ccc(NC(=O)[C@H](C)OC(=O)c2nc(-c3ccccc3)oc2C)cc1. The lowest BCUT2D eigenvalue weighted by molar-refractivity contribution is -0.123. The second-order valence-electron chi connectivity index (χ2n) is 6.28. The summed E-state index contributed by atoms with van der Waals surface area (Å²) in [5.74, 6) is 0.185. The fourth-order valence-electron chi connectivity index (χ4n) is 2.60. The number of benzene rings is 2. The van der Waals surface area contributed by atoms with E-state index < -0.39 is 18.0 Å². The molecule has 0 saturated heterocycles. The van der Waals surface area contributed by atoms with Gasteiger partial charge in [0.15, 0.2) is 11.8 Å². The average Bonchev–Trinajstić information content (AvgIpc) is 3.12. The number of anilines is 1.